The van der Waals surface area contributed by atoms with Crippen molar-refractivity contribution >= 4 is 28.2 Å². The van der Waals surface area contributed by atoms with Crippen molar-refractivity contribution in [3.05, 3.63) is 24.3 Å². The third-order valence-corrected chi connectivity index (χ3v) is 6.23. The van der Waals surface area contributed by atoms with Crippen LogP contribution >= 0.6 is 12.4 Å². The van der Waals surface area contributed by atoms with Gasteiger partial charge in [0.25, 0.3) is 0 Å². The maximum atomic E-state index is 12.5. The summed E-state index contributed by atoms with van der Waals surface area (Å²) >= 11 is 0. The van der Waals surface area contributed by atoms with Crippen molar-refractivity contribution in [2.45, 2.75) is 43.7 Å². The minimum atomic E-state index is -3.51. The van der Waals surface area contributed by atoms with Crippen LogP contribution in [0.5, 0.6) is 5.75 Å². The van der Waals surface area contributed by atoms with E-state index in [2.05, 4.69) is 17.6 Å². The quantitative estimate of drug-likeness (QED) is 0.773. The number of carbonyl (C=O) groups is 1. The van der Waals surface area contributed by atoms with Crippen molar-refractivity contribution in [2.75, 3.05) is 19.4 Å². The van der Waals surface area contributed by atoms with Crippen LogP contribution in [0.4, 0.5) is 0 Å². The zero-order chi connectivity index (χ0) is 17.7. The van der Waals surface area contributed by atoms with Crippen LogP contribution < -0.4 is 15.4 Å². The maximum Gasteiger partial charge on any atom is 0.224 e. The number of methoxy groups -OCH3 is 1. The Hall–Kier alpha value is -1.31. The van der Waals surface area contributed by atoms with Crippen molar-refractivity contribution in [2.24, 2.45) is 5.92 Å². The molecule has 2 N–H and O–H groups in total. The van der Waals surface area contributed by atoms with Crippen LogP contribution in [0.15, 0.2) is 29.2 Å². The molecule has 6 nitrogen and oxygen atoms in total. The molecule has 1 amide bonds. The number of piperidine rings is 1. The molecule has 0 spiro atoms. The molecule has 25 heavy (non-hydrogen) atoms. The summed E-state index contributed by atoms with van der Waals surface area (Å²) < 4.78 is 30.0. The van der Waals surface area contributed by atoms with Gasteiger partial charge in [0.05, 0.1) is 17.8 Å². The second kappa shape index (κ2) is 9.40. The highest BCUT2D eigenvalue weighted by Gasteiger charge is 2.26. The van der Waals surface area contributed by atoms with Crippen LogP contribution in [0.25, 0.3) is 0 Å². The highest BCUT2D eigenvalue weighted by Crippen LogP contribution is 2.19. The Morgan fingerprint density at radius 3 is 2.56 bits per heavy atom. The number of nitrogens with one attached hydrogen (secondary N) is 2. The molecule has 0 bridgehead atoms. The van der Waals surface area contributed by atoms with Gasteiger partial charge in [0, 0.05) is 18.0 Å². The number of halogens is 1. The summed E-state index contributed by atoms with van der Waals surface area (Å²) in [6.45, 7) is 4.60. The Morgan fingerprint density at radius 1 is 1.36 bits per heavy atom. The Morgan fingerprint density at radius 2 is 2.00 bits per heavy atom. The second-order valence-electron chi connectivity index (χ2n) is 6.44. The van der Waals surface area contributed by atoms with E-state index in [1.807, 2.05) is 0 Å². The molecular formula is C17H27ClN2O4S. The van der Waals surface area contributed by atoms with Gasteiger partial charge in [0.1, 0.15) is 5.75 Å². The van der Waals surface area contributed by atoms with Gasteiger partial charge in [-0.2, -0.15) is 0 Å². The highest BCUT2D eigenvalue weighted by molar-refractivity contribution is 7.91. The van der Waals surface area contributed by atoms with E-state index in [1.54, 1.807) is 19.1 Å². The minimum absolute atomic E-state index is 0. The summed E-state index contributed by atoms with van der Waals surface area (Å²) in [7, 11) is -1.98. The Balaban J connectivity index is 0.00000312. The summed E-state index contributed by atoms with van der Waals surface area (Å²) in [6.07, 6.45) is 1.73. The monoisotopic (exact) mass is 390 g/mol. The first-order chi connectivity index (χ1) is 11.3. The van der Waals surface area contributed by atoms with Crippen LogP contribution in [-0.2, 0) is 14.6 Å². The number of hydrogen-bond acceptors (Lipinski definition) is 5. The number of ether oxygens (including phenoxy) is 1. The maximum absolute atomic E-state index is 12.5. The van der Waals surface area contributed by atoms with E-state index >= 15 is 0 Å². The fourth-order valence-corrected chi connectivity index (χ4v) is 4.44. The number of sulfone groups is 1. The molecular weight excluding hydrogens is 364 g/mol. The van der Waals surface area contributed by atoms with Gasteiger partial charge in [-0.15, -0.1) is 12.4 Å². The minimum Gasteiger partial charge on any atom is -0.497 e. The average molecular weight is 391 g/mol. The molecule has 0 aliphatic carbocycles. The fourth-order valence-electron chi connectivity index (χ4n) is 2.89. The van der Waals surface area contributed by atoms with Crippen LogP contribution in [0.2, 0.25) is 0 Å². The molecule has 1 fully saturated rings. The first-order valence-electron chi connectivity index (χ1n) is 8.22. The van der Waals surface area contributed by atoms with E-state index in [0.29, 0.717) is 11.8 Å². The molecule has 0 aromatic heterocycles. The zero-order valence-corrected chi connectivity index (χ0v) is 16.5. The Labute approximate surface area is 156 Å². The number of amides is 1. The summed E-state index contributed by atoms with van der Waals surface area (Å²) in [5.74, 6) is -0.403. The summed E-state index contributed by atoms with van der Waals surface area (Å²) in [5, 5.41) is 6.30. The SMILES string of the molecule is COc1ccc(S(=O)(=O)CC(C)C(=O)NC2CCNC(C)C2)cc1.Cl. The molecule has 1 aromatic carbocycles. The Kier molecular flexibility index (Phi) is 8.18. The van der Waals surface area contributed by atoms with Gasteiger partial charge in [-0.05, 0) is 50.6 Å². The van der Waals surface area contributed by atoms with Crippen molar-refractivity contribution in [1.29, 1.82) is 0 Å². The van der Waals surface area contributed by atoms with Crippen molar-refractivity contribution in [1.82, 2.24) is 10.6 Å². The predicted molar refractivity (Wildman–Crippen MR) is 100 cm³/mol. The largest absolute Gasteiger partial charge is 0.497 e. The molecule has 8 heteroatoms. The normalized spacial score (nSPS) is 21.7. The highest BCUT2D eigenvalue weighted by atomic mass is 35.5. The lowest BCUT2D eigenvalue weighted by Crippen LogP contribution is -2.48. The topological polar surface area (TPSA) is 84.5 Å². The van der Waals surface area contributed by atoms with E-state index in [0.717, 1.165) is 19.4 Å². The molecule has 1 aliphatic heterocycles. The molecule has 1 aromatic rings. The summed E-state index contributed by atoms with van der Waals surface area (Å²) in [5.41, 5.74) is 0. The number of rotatable bonds is 6. The van der Waals surface area contributed by atoms with Gasteiger partial charge in [-0.25, -0.2) is 8.42 Å². The third kappa shape index (κ3) is 6.17. The zero-order valence-electron chi connectivity index (χ0n) is 14.8. The van der Waals surface area contributed by atoms with Gasteiger partial charge in [0.15, 0.2) is 9.84 Å². The van der Waals surface area contributed by atoms with E-state index in [9.17, 15) is 13.2 Å². The average Bonchev–Trinajstić information content (AvgIpc) is 2.54. The van der Waals surface area contributed by atoms with E-state index in [1.165, 1.54) is 19.2 Å². The molecule has 3 atom stereocenters. The molecule has 3 unspecified atom stereocenters. The van der Waals surface area contributed by atoms with Gasteiger partial charge < -0.3 is 15.4 Å². The molecule has 0 saturated carbocycles. The first-order valence-corrected chi connectivity index (χ1v) is 9.87. The van der Waals surface area contributed by atoms with Gasteiger partial charge in [-0.1, -0.05) is 6.92 Å². The fraction of sp³-hybridized carbons (Fsp3) is 0.588. The molecule has 2 rings (SSSR count). The van der Waals surface area contributed by atoms with Crippen LogP contribution in [0.1, 0.15) is 26.7 Å². The van der Waals surface area contributed by atoms with Crippen molar-refractivity contribution < 1.29 is 17.9 Å². The van der Waals surface area contributed by atoms with Gasteiger partial charge in [-0.3, -0.25) is 4.79 Å². The Bertz CT molecular complexity index is 664. The number of benzene rings is 1. The summed E-state index contributed by atoms with van der Waals surface area (Å²) in [6, 6.07) is 6.70. The van der Waals surface area contributed by atoms with Crippen molar-refractivity contribution in [3.63, 3.8) is 0 Å². The van der Waals surface area contributed by atoms with Crippen molar-refractivity contribution in [3.8, 4) is 5.75 Å². The van der Waals surface area contributed by atoms with Crippen LogP contribution in [-0.4, -0.2) is 45.8 Å². The molecule has 1 aliphatic rings. The van der Waals surface area contributed by atoms with Crippen LogP contribution in [0, 0.1) is 5.92 Å². The molecule has 1 saturated heterocycles. The number of hydrogen-bond donors (Lipinski definition) is 2. The van der Waals surface area contributed by atoms with Gasteiger partial charge >= 0.3 is 0 Å². The molecule has 142 valence electrons. The van der Waals surface area contributed by atoms with Crippen LogP contribution in [0.3, 0.4) is 0 Å². The predicted octanol–water partition coefficient (Wildman–Crippen LogP) is 1.78. The lowest BCUT2D eigenvalue weighted by atomic mass is 10.00. The third-order valence-electron chi connectivity index (χ3n) is 4.31. The number of carbonyl (C=O) groups excluding carboxylic acids is 1. The smallest absolute Gasteiger partial charge is 0.224 e. The first kappa shape index (κ1) is 21.7. The lowest BCUT2D eigenvalue weighted by molar-refractivity contribution is -0.124. The van der Waals surface area contributed by atoms with E-state index < -0.39 is 15.8 Å². The van der Waals surface area contributed by atoms with E-state index in [-0.39, 0.29) is 35.0 Å². The lowest BCUT2D eigenvalue weighted by Gasteiger charge is -2.29. The molecule has 1 heterocycles. The standard InChI is InChI=1S/C17H26N2O4S.ClH/c1-12(17(20)19-14-8-9-18-13(2)10-14)11-24(21,22)16-6-4-15(23-3)5-7-16;/h4-7,12-14,18H,8-11H2,1-3H3,(H,19,20);1H. The van der Waals surface area contributed by atoms with E-state index in [4.69, 9.17) is 4.74 Å². The summed E-state index contributed by atoms with van der Waals surface area (Å²) in [4.78, 5) is 12.5. The van der Waals surface area contributed by atoms with Gasteiger partial charge in [0.2, 0.25) is 5.91 Å². The second-order valence-corrected chi connectivity index (χ2v) is 8.48. The molecule has 0 radical (unpaired) electrons.